The van der Waals surface area contributed by atoms with Crippen molar-refractivity contribution in [3.8, 4) is 0 Å². The second-order valence-electron chi connectivity index (χ2n) is 1.95. The number of rotatable bonds is 3. The Morgan fingerprint density at radius 2 is 1.36 bits per heavy atom. The van der Waals surface area contributed by atoms with Gasteiger partial charge in [0.2, 0.25) is 0 Å². The summed E-state index contributed by atoms with van der Waals surface area (Å²) >= 11 is 0. The summed E-state index contributed by atoms with van der Waals surface area (Å²) in [5, 5.41) is -1.96. The third-order valence-corrected chi connectivity index (χ3v) is 4.91. The second kappa shape index (κ2) is 3.35. The molecule has 1 radical (unpaired) electrons. The lowest BCUT2D eigenvalue weighted by molar-refractivity contribution is 0.338. The van der Waals surface area contributed by atoms with Crippen molar-refractivity contribution in [1.82, 2.24) is 0 Å². The number of hydrogen-bond donors (Lipinski definition) is 4. The molecule has 6 nitrogen and oxygen atoms in total. The minimum Gasteiger partial charge on any atom is -0.324 e. The summed E-state index contributed by atoms with van der Waals surface area (Å²) < 4.78 is 20.7. The highest BCUT2D eigenvalue weighted by atomic mass is 31.2. The van der Waals surface area contributed by atoms with E-state index in [0.717, 1.165) is 0 Å². The van der Waals surface area contributed by atoms with Crippen LogP contribution in [-0.4, -0.2) is 25.0 Å². The maximum absolute atomic E-state index is 10.4. The Kier molecular flexibility index (Phi) is 3.44. The van der Waals surface area contributed by atoms with Crippen molar-refractivity contribution in [1.29, 1.82) is 0 Å². The summed E-state index contributed by atoms with van der Waals surface area (Å²) in [5.41, 5.74) is 0. The molecule has 0 heterocycles. The Morgan fingerprint density at radius 1 is 1.09 bits per heavy atom. The fourth-order valence-electron chi connectivity index (χ4n) is 0.532. The third-order valence-electron chi connectivity index (χ3n) is 1.03. The first-order chi connectivity index (χ1) is 4.69. The van der Waals surface area contributed by atoms with E-state index in [9.17, 15) is 9.13 Å². The standard InChI is InChI=1S/C3H9O6P2/c1-2-3(10(4,5)6)11(7,8)9/h3H,1-2H2,(H2,4,5,6)(H2,7,8,9). The first-order valence-corrected chi connectivity index (χ1v) is 5.95. The molecule has 0 saturated heterocycles. The summed E-state index contributed by atoms with van der Waals surface area (Å²) in [6.45, 7) is 3.03. The molecule has 8 heteroatoms. The van der Waals surface area contributed by atoms with Crippen LogP contribution < -0.4 is 0 Å². The van der Waals surface area contributed by atoms with Gasteiger partial charge in [-0.05, 0) is 6.42 Å². The first-order valence-electron chi connectivity index (χ1n) is 2.59. The summed E-state index contributed by atoms with van der Waals surface area (Å²) in [5.74, 6) is 0. The van der Waals surface area contributed by atoms with Crippen LogP contribution in [0.1, 0.15) is 6.42 Å². The summed E-state index contributed by atoms with van der Waals surface area (Å²) in [4.78, 5) is 33.6. The first kappa shape index (κ1) is 11.3. The topological polar surface area (TPSA) is 115 Å². The highest BCUT2D eigenvalue weighted by molar-refractivity contribution is 7.70. The van der Waals surface area contributed by atoms with Gasteiger partial charge in [0, 0.05) is 0 Å². The van der Waals surface area contributed by atoms with Crippen LogP contribution in [0.5, 0.6) is 0 Å². The summed E-state index contributed by atoms with van der Waals surface area (Å²) in [7, 11) is -9.45. The Hall–Kier alpha value is 0.300. The predicted octanol–water partition coefficient (Wildman–Crippen LogP) is -0.108. The zero-order valence-corrected chi connectivity index (χ0v) is 7.28. The van der Waals surface area contributed by atoms with Crippen molar-refractivity contribution in [3.63, 3.8) is 0 Å². The molecule has 0 aliphatic rings. The molecule has 0 rings (SSSR count). The van der Waals surface area contributed by atoms with E-state index in [0.29, 0.717) is 0 Å². The smallest absolute Gasteiger partial charge is 0.324 e. The van der Waals surface area contributed by atoms with Gasteiger partial charge in [0.25, 0.3) is 0 Å². The van der Waals surface area contributed by atoms with Crippen molar-refractivity contribution >= 4 is 15.2 Å². The van der Waals surface area contributed by atoms with Gasteiger partial charge in [-0.3, -0.25) is 9.13 Å². The molecule has 0 aromatic rings. The molecule has 0 unspecified atom stereocenters. The van der Waals surface area contributed by atoms with Gasteiger partial charge in [0.15, 0.2) is 5.40 Å². The van der Waals surface area contributed by atoms with Crippen molar-refractivity contribution in [3.05, 3.63) is 6.92 Å². The van der Waals surface area contributed by atoms with E-state index < -0.39 is 27.0 Å². The van der Waals surface area contributed by atoms with Crippen LogP contribution in [0.25, 0.3) is 0 Å². The van der Waals surface area contributed by atoms with Gasteiger partial charge in [-0.2, -0.15) is 0 Å². The highest BCUT2D eigenvalue weighted by Crippen LogP contribution is 2.60. The Balaban J connectivity index is 4.72. The lowest BCUT2D eigenvalue weighted by Crippen LogP contribution is -2.07. The fourth-order valence-corrected chi connectivity index (χ4v) is 2.77. The van der Waals surface area contributed by atoms with E-state index in [1.165, 1.54) is 0 Å². The van der Waals surface area contributed by atoms with Crippen LogP contribution in [0, 0.1) is 6.92 Å². The van der Waals surface area contributed by atoms with Crippen LogP contribution in [0.15, 0.2) is 0 Å². The van der Waals surface area contributed by atoms with Gasteiger partial charge < -0.3 is 19.6 Å². The Bertz CT molecular complexity index is 190. The highest BCUT2D eigenvalue weighted by Gasteiger charge is 2.41. The molecule has 0 spiro atoms. The van der Waals surface area contributed by atoms with Crippen LogP contribution >= 0.6 is 15.2 Å². The number of hydrogen-bond acceptors (Lipinski definition) is 2. The lowest BCUT2D eigenvalue weighted by atomic mass is 10.6. The molecular weight excluding hydrogens is 194 g/mol. The molecule has 0 aromatic heterocycles. The summed E-state index contributed by atoms with van der Waals surface area (Å²) in [6, 6.07) is 0. The van der Waals surface area contributed by atoms with Crippen LogP contribution in [0.3, 0.4) is 0 Å². The van der Waals surface area contributed by atoms with Gasteiger partial charge >= 0.3 is 15.2 Å². The third kappa shape index (κ3) is 3.47. The van der Waals surface area contributed by atoms with Gasteiger partial charge in [-0.25, -0.2) is 0 Å². The Labute approximate surface area is 63.6 Å². The summed E-state index contributed by atoms with van der Waals surface area (Å²) in [6.07, 6.45) is -0.492. The molecule has 0 amide bonds. The minimum absolute atomic E-state index is 0.492. The maximum atomic E-state index is 10.4. The molecule has 11 heavy (non-hydrogen) atoms. The van der Waals surface area contributed by atoms with Crippen molar-refractivity contribution in [2.45, 2.75) is 11.8 Å². The zero-order chi connectivity index (χ0) is 9.28. The molecule has 67 valence electrons. The molecule has 0 saturated carbocycles. The van der Waals surface area contributed by atoms with Crippen molar-refractivity contribution in [2.24, 2.45) is 0 Å². The molecule has 0 fully saturated rings. The largest absolute Gasteiger partial charge is 0.340 e. The molecule has 0 aliphatic carbocycles. The lowest BCUT2D eigenvalue weighted by Gasteiger charge is -2.16. The molecule has 4 N–H and O–H groups in total. The van der Waals surface area contributed by atoms with Gasteiger partial charge in [0.05, 0.1) is 0 Å². The maximum Gasteiger partial charge on any atom is 0.340 e. The zero-order valence-electron chi connectivity index (χ0n) is 5.49. The van der Waals surface area contributed by atoms with E-state index in [1.807, 2.05) is 0 Å². The van der Waals surface area contributed by atoms with Crippen LogP contribution in [0.2, 0.25) is 0 Å². The molecule has 0 atom stereocenters. The fraction of sp³-hybridized carbons (Fsp3) is 0.667. The monoisotopic (exact) mass is 203 g/mol. The molecular formula is C3H9O6P2. The van der Waals surface area contributed by atoms with E-state index in [1.54, 1.807) is 0 Å². The van der Waals surface area contributed by atoms with Crippen LogP contribution in [0.4, 0.5) is 0 Å². The Morgan fingerprint density at radius 3 is 1.36 bits per heavy atom. The second-order valence-corrected chi connectivity index (χ2v) is 5.96. The average Bonchev–Trinajstić information content (AvgIpc) is 1.56. The van der Waals surface area contributed by atoms with Crippen LogP contribution in [-0.2, 0) is 9.13 Å². The van der Waals surface area contributed by atoms with E-state index in [2.05, 4.69) is 6.92 Å². The van der Waals surface area contributed by atoms with Gasteiger partial charge in [-0.1, -0.05) is 6.92 Å². The quantitative estimate of drug-likeness (QED) is 0.475. The van der Waals surface area contributed by atoms with E-state index >= 15 is 0 Å². The van der Waals surface area contributed by atoms with Crippen molar-refractivity contribution < 1.29 is 28.7 Å². The van der Waals surface area contributed by atoms with E-state index in [4.69, 9.17) is 19.6 Å². The van der Waals surface area contributed by atoms with Crippen molar-refractivity contribution in [2.75, 3.05) is 0 Å². The predicted molar refractivity (Wildman–Crippen MR) is 37.9 cm³/mol. The molecule has 0 aromatic carbocycles. The van der Waals surface area contributed by atoms with E-state index in [-0.39, 0.29) is 0 Å². The average molecular weight is 203 g/mol. The minimum atomic E-state index is -4.72. The molecule has 0 bridgehead atoms. The van der Waals surface area contributed by atoms with Gasteiger partial charge in [0.1, 0.15) is 0 Å². The van der Waals surface area contributed by atoms with Gasteiger partial charge in [-0.15, -0.1) is 0 Å². The molecule has 0 aliphatic heterocycles. The SMILES string of the molecule is [CH2]CC(P(=O)(O)O)P(=O)(O)O. The normalized spacial score (nSPS) is 14.0.